The lowest BCUT2D eigenvalue weighted by molar-refractivity contribution is -0.362. The number of hydrogen-bond acceptors (Lipinski definition) is 4. The van der Waals surface area contributed by atoms with Crippen molar-refractivity contribution in [3.8, 4) is 22.4 Å². The Bertz CT molecular complexity index is 1280. The number of carbonyl (C=O) groups is 1. The molecular weight excluding hydrogens is 410 g/mol. The molecule has 33 heavy (non-hydrogen) atoms. The Balaban J connectivity index is 1.63. The molecule has 4 aromatic rings. The van der Waals surface area contributed by atoms with Gasteiger partial charge in [0.15, 0.2) is 0 Å². The predicted octanol–water partition coefficient (Wildman–Crippen LogP) is 3.54. The summed E-state index contributed by atoms with van der Waals surface area (Å²) in [6.07, 6.45) is 3.47. The lowest BCUT2D eigenvalue weighted by atomic mass is 9.95. The number of fused-ring (bicyclic) bond motifs is 1. The zero-order valence-electron chi connectivity index (χ0n) is 18.5. The number of aromatic amines is 1. The van der Waals surface area contributed by atoms with Crippen LogP contribution in [0.1, 0.15) is 18.4 Å². The summed E-state index contributed by atoms with van der Waals surface area (Å²) in [6.45, 7) is 2.08. The second-order valence-electron chi connectivity index (χ2n) is 8.57. The van der Waals surface area contributed by atoms with Crippen molar-refractivity contribution in [1.29, 1.82) is 0 Å². The van der Waals surface area contributed by atoms with Crippen LogP contribution in [0.15, 0.2) is 72.9 Å². The van der Waals surface area contributed by atoms with E-state index >= 15 is 0 Å². The van der Waals surface area contributed by atoms with E-state index in [-0.39, 0.29) is 11.8 Å². The average molecular weight is 439 g/mol. The van der Waals surface area contributed by atoms with Crippen LogP contribution in [0.4, 0.5) is 5.82 Å². The molecule has 0 unspecified atom stereocenters. The molecule has 0 radical (unpaired) electrons. The summed E-state index contributed by atoms with van der Waals surface area (Å²) in [5.41, 5.74) is 17.6. The molecule has 2 aromatic carbocycles. The number of benzene rings is 2. The minimum atomic E-state index is -0.199. The number of amides is 1. The van der Waals surface area contributed by atoms with Gasteiger partial charge in [0.2, 0.25) is 5.91 Å². The van der Waals surface area contributed by atoms with Gasteiger partial charge in [-0.2, -0.15) is 0 Å². The van der Waals surface area contributed by atoms with Gasteiger partial charge in [-0.05, 0) is 30.0 Å². The highest BCUT2D eigenvalue weighted by Gasteiger charge is 2.29. The predicted molar refractivity (Wildman–Crippen MR) is 131 cm³/mol. The van der Waals surface area contributed by atoms with Crippen molar-refractivity contribution in [3.05, 3.63) is 78.5 Å². The van der Waals surface area contributed by atoms with Crippen molar-refractivity contribution >= 4 is 22.6 Å². The second-order valence-corrected chi connectivity index (χ2v) is 8.57. The number of hydrogen-bond donors (Lipinski definition) is 2. The Labute approximate surface area is 193 Å². The molecule has 6 nitrogen and oxygen atoms in total. The number of primary amides is 1. The number of H-pyrrole nitrogens is 1. The van der Waals surface area contributed by atoms with Gasteiger partial charge in [0, 0.05) is 29.7 Å². The van der Waals surface area contributed by atoms with Crippen LogP contribution in [0.2, 0.25) is 0 Å². The van der Waals surface area contributed by atoms with E-state index in [2.05, 4.69) is 52.3 Å². The molecule has 1 aliphatic heterocycles. The highest BCUT2D eigenvalue weighted by atomic mass is 16.1. The molecule has 1 aliphatic rings. The van der Waals surface area contributed by atoms with Crippen LogP contribution in [0.3, 0.4) is 0 Å². The Morgan fingerprint density at radius 2 is 1.73 bits per heavy atom. The molecule has 6 heteroatoms. The fourth-order valence-electron chi connectivity index (χ4n) is 4.63. The zero-order chi connectivity index (χ0) is 22.8. The van der Waals surface area contributed by atoms with E-state index in [1.165, 1.54) is 0 Å². The van der Waals surface area contributed by atoms with Gasteiger partial charge in [-0.15, -0.1) is 0 Å². The van der Waals surface area contributed by atoms with E-state index in [1.807, 2.05) is 30.5 Å². The zero-order valence-corrected chi connectivity index (χ0v) is 18.5. The normalized spacial score (nSPS) is 14.5. The average Bonchev–Trinajstić information content (AvgIpc) is 2.88. The fraction of sp³-hybridized carbons (Fsp3) is 0.222. The number of carbonyl (C=O) groups excluding carboxylic acids is 1. The quantitative estimate of drug-likeness (QED) is 0.498. The van der Waals surface area contributed by atoms with Crippen molar-refractivity contribution in [2.45, 2.75) is 19.4 Å². The first-order valence-electron chi connectivity index (χ1n) is 11.4. The molecular formula is C27H28N5O+. The largest absolute Gasteiger partial charge is 0.369 e. The lowest BCUT2D eigenvalue weighted by Gasteiger charge is -2.26. The topological polar surface area (TPSA) is 99.4 Å². The van der Waals surface area contributed by atoms with Gasteiger partial charge in [0.25, 0.3) is 5.82 Å². The lowest BCUT2D eigenvalue weighted by Crippen LogP contribution is -2.40. The number of aromatic nitrogens is 2. The van der Waals surface area contributed by atoms with Crippen LogP contribution in [0.5, 0.6) is 0 Å². The number of nitrogens with two attached hydrogens (primary N) is 2. The molecule has 0 atom stereocenters. The van der Waals surface area contributed by atoms with Crippen LogP contribution < -0.4 is 21.4 Å². The summed E-state index contributed by atoms with van der Waals surface area (Å²) in [7, 11) is 0. The molecule has 5 N–H and O–H groups in total. The van der Waals surface area contributed by atoms with Gasteiger partial charge in [-0.3, -0.25) is 9.69 Å². The van der Waals surface area contributed by atoms with Crippen LogP contribution in [-0.4, -0.2) is 24.0 Å². The van der Waals surface area contributed by atoms with Crippen LogP contribution in [0, 0.1) is 5.92 Å². The van der Waals surface area contributed by atoms with E-state index in [0.29, 0.717) is 6.54 Å². The molecule has 5 rings (SSSR count). The maximum absolute atomic E-state index is 11.6. The van der Waals surface area contributed by atoms with Crippen molar-refractivity contribution in [3.63, 3.8) is 0 Å². The van der Waals surface area contributed by atoms with Crippen LogP contribution >= 0.6 is 0 Å². The molecule has 3 heterocycles. The Kier molecular flexibility index (Phi) is 5.75. The van der Waals surface area contributed by atoms with Gasteiger partial charge in [0.05, 0.1) is 35.9 Å². The van der Waals surface area contributed by atoms with Crippen LogP contribution in [-0.2, 0) is 11.3 Å². The summed E-state index contributed by atoms with van der Waals surface area (Å²) < 4.78 is 0. The van der Waals surface area contributed by atoms with Crippen molar-refractivity contribution in [2.75, 3.05) is 18.0 Å². The molecule has 2 aromatic heterocycles. The smallest absolute Gasteiger partial charge is 0.283 e. The summed E-state index contributed by atoms with van der Waals surface area (Å²) in [4.78, 5) is 22.5. The first-order chi connectivity index (χ1) is 16.1. The van der Waals surface area contributed by atoms with Crippen LogP contribution in [0.25, 0.3) is 33.3 Å². The standard InChI is InChI=1S/C27H27N5O/c28-17-18-6-8-20(9-7-18)25-22(19-4-2-1-3-5-19)16-23-24(31-25)10-13-30-27(23)32-14-11-21(12-15-32)26(29)33/h1-10,13,16,21H,11-12,14-15,17,28H2,(H2,29,33)/p+1. The number of pyridine rings is 2. The van der Waals surface area contributed by atoms with Gasteiger partial charge in [0.1, 0.15) is 0 Å². The third kappa shape index (κ3) is 4.17. The van der Waals surface area contributed by atoms with Gasteiger partial charge < -0.3 is 11.5 Å². The maximum atomic E-state index is 11.6. The summed E-state index contributed by atoms with van der Waals surface area (Å²) in [6, 6.07) is 22.9. The third-order valence-electron chi connectivity index (χ3n) is 6.53. The number of anilines is 1. The Morgan fingerprint density at radius 1 is 1.00 bits per heavy atom. The third-order valence-corrected chi connectivity index (χ3v) is 6.53. The highest BCUT2D eigenvalue weighted by Crippen LogP contribution is 2.36. The molecule has 0 saturated carbocycles. The highest BCUT2D eigenvalue weighted by molar-refractivity contribution is 5.96. The van der Waals surface area contributed by atoms with Crippen molar-refractivity contribution in [2.24, 2.45) is 17.4 Å². The van der Waals surface area contributed by atoms with E-state index in [9.17, 15) is 4.79 Å². The fourth-order valence-corrected chi connectivity index (χ4v) is 4.63. The second kappa shape index (κ2) is 9.00. The molecule has 0 aliphatic carbocycles. The van der Waals surface area contributed by atoms with Gasteiger partial charge >= 0.3 is 0 Å². The van der Waals surface area contributed by atoms with Crippen molar-refractivity contribution in [1.82, 2.24) is 4.98 Å². The van der Waals surface area contributed by atoms with E-state index < -0.39 is 0 Å². The molecule has 166 valence electrons. The summed E-state index contributed by atoms with van der Waals surface area (Å²) in [5, 5.41) is 1.07. The number of rotatable bonds is 5. The van der Waals surface area contributed by atoms with Gasteiger partial charge in [-0.1, -0.05) is 54.6 Å². The van der Waals surface area contributed by atoms with Crippen molar-refractivity contribution < 1.29 is 9.78 Å². The molecule has 0 spiro atoms. The summed E-state index contributed by atoms with van der Waals surface area (Å²) in [5.74, 6) is 0.789. The first-order valence-corrected chi connectivity index (χ1v) is 11.4. The number of nitrogens with zero attached hydrogens (tertiary/aromatic N) is 2. The van der Waals surface area contributed by atoms with E-state index in [1.54, 1.807) is 0 Å². The maximum Gasteiger partial charge on any atom is 0.283 e. The molecule has 1 saturated heterocycles. The summed E-state index contributed by atoms with van der Waals surface area (Å²) >= 11 is 0. The SMILES string of the molecule is NCc1ccc(-c2nc3cc[nH+]c(N4CCC(C(N)=O)CC4)c3cc2-c2ccccc2)cc1. The Hall–Kier alpha value is -3.77. The minimum absolute atomic E-state index is 0.0441. The molecule has 1 amide bonds. The first kappa shape index (κ1) is 21.1. The van der Waals surface area contributed by atoms with E-state index in [4.69, 9.17) is 16.5 Å². The molecule has 0 bridgehead atoms. The number of piperidine rings is 1. The molecule has 1 fully saturated rings. The monoisotopic (exact) mass is 438 g/mol. The Morgan fingerprint density at radius 3 is 2.39 bits per heavy atom. The van der Waals surface area contributed by atoms with Gasteiger partial charge in [-0.25, -0.2) is 9.97 Å². The minimum Gasteiger partial charge on any atom is -0.369 e. The van der Waals surface area contributed by atoms with E-state index in [0.717, 1.165) is 70.6 Å². The number of nitrogens with one attached hydrogen (secondary N) is 1.